The van der Waals surface area contributed by atoms with E-state index in [1.54, 1.807) is 11.3 Å². The Balaban J connectivity index is 1.47. The summed E-state index contributed by atoms with van der Waals surface area (Å²) in [5.41, 5.74) is 3.22. The molecule has 0 unspecified atom stereocenters. The molecule has 6 heteroatoms. The van der Waals surface area contributed by atoms with Gasteiger partial charge < -0.3 is 9.84 Å². The molecule has 0 spiro atoms. The van der Waals surface area contributed by atoms with E-state index in [2.05, 4.69) is 21.5 Å². The quantitative estimate of drug-likeness (QED) is 0.754. The molecule has 0 aliphatic heterocycles. The number of carbonyl (C=O) groups excluding carboxylic acids is 1. The molecule has 3 aromatic rings. The zero-order valence-electron chi connectivity index (χ0n) is 12.8. The van der Waals surface area contributed by atoms with Gasteiger partial charge in [0.25, 0.3) is 0 Å². The first kappa shape index (κ1) is 15.4. The SMILES string of the molecule is Cc1cccc(CNC(=O)CCc2nc(-c3ccsc3)no2)c1. The van der Waals surface area contributed by atoms with Crippen molar-refractivity contribution in [2.45, 2.75) is 26.3 Å². The minimum atomic E-state index is -0.0261. The third-order valence-electron chi connectivity index (χ3n) is 3.39. The molecule has 0 radical (unpaired) electrons. The average molecular weight is 327 g/mol. The molecule has 1 aromatic carbocycles. The molecule has 0 atom stereocenters. The van der Waals surface area contributed by atoms with Crippen LogP contribution in [0.25, 0.3) is 11.4 Å². The summed E-state index contributed by atoms with van der Waals surface area (Å²) >= 11 is 1.58. The van der Waals surface area contributed by atoms with Gasteiger partial charge in [-0.05, 0) is 23.9 Å². The van der Waals surface area contributed by atoms with Crippen molar-refractivity contribution in [1.29, 1.82) is 0 Å². The Morgan fingerprint density at radius 3 is 3.04 bits per heavy atom. The fourth-order valence-electron chi connectivity index (χ4n) is 2.20. The maximum atomic E-state index is 11.9. The van der Waals surface area contributed by atoms with Crippen molar-refractivity contribution in [2.24, 2.45) is 0 Å². The summed E-state index contributed by atoms with van der Waals surface area (Å²) in [7, 11) is 0. The Kier molecular flexibility index (Phi) is 4.83. The number of hydrogen-bond acceptors (Lipinski definition) is 5. The van der Waals surface area contributed by atoms with E-state index in [1.165, 1.54) is 5.56 Å². The van der Waals surface area contributed by atoms with Gasteiger partial charge in [0.2, 0.25) is 17.6 Å². The number of hydrogen-bond donors (Lipinski definition) is 1. The van der Waals surface area contributed by atoms with Crippen LogP contribution in [0.2, 0.25) is 0 Å². The number of thiophene rings is 1. The summed E-state index contributed by atoms with van der Waals surface area (Å²) < 4.78 is 5.18. The highest BCUT2D eigenvalue weighted by molar-refractivity contribution is 7.08. The average Bonchev–Trinajstić information content (AvgIpc) is 3.22. The van der Waals surface area contributed by atoms with Gasteiger partial charge in [0, 0.05) is 30.3 Å². The van der Waals surface area contributed by atoms with Crippen LogP contribution in [-0.4, -0.2) is 16.0 Å². The van der Waals surface area contributed by atoms with E-state index in [1.807, 2.05) is 41.9 Å². The lowest BCUT2D eigenvalue weighted by Gasteiger charge is -2.05. The zero-order valence-corrected chi connectivity index (χ0v) is 13.6. The van der Waals surface area contributed by atoms with Gasteiger partial charge >= 0.3 is 0 Å². The van der Waals surface area contributed by atoms with Crippen LogP contribution in [0.15, 0.2) is 45.6 Å². The highest BCUT2D eigenvalue weighted by atomic mass is 32.1. The van der Waals surface area contributed by atoms with E-state index in [-0.39, 0.29) is 5.91 Å². The van der Waals surface area contributed by atoms with Gasteiger partial charge in [0.05, 0.1) is 0 Å². The molecule has 5 nitrogen and oxygen atoms in total. The van der Waals surface area contributed by atoms with Gasteiger partial charge in [0.15, 0.2) is 0 Å². The van der Waals surface area contributed by atoms with E-state index in [0.29, 0.717) is 31.1 Å². The minimum absolute atomic E-state index is 0.0261. The first-order valence-electron chi connectivity index (χ1n) is 7.38. The van der Waals surface area contributed by atoms with Crippen LogP contribution in [0.5, 0.6) is 0 Å². The van der Waals surface area contributed by atoms with Crippen molar-refractivity contribution in [3.63, 3.8) is 0 Å². The molecule has 0 saturated carbocycles. The third kappa shape index (κ3) is 4.26. The maximum Gasteiger partial charge on any atom is 0.227 e. The van der Waals surface area contributed by atoms with Gasteiger partial charge in [-0.2, -0.15) is 16.3 Å². The predicted octanol–water partition coefficient (Wildman–Crippen LogP) is 3.36. The van der Waals surface area contributed by atoms with Crippen molar-refractivity contribution in [1.82, 2.24) is 15.5 Å². The lowest BCUT2D eigenvalue weighted by Crippen LogP contribution is -2.23. The number of rotatable bonds is 6. The normalized spacial score (nSPS) is 10.7. The van der Waals surface area contributed by atoms with E-state index < -0.39 is 0 Å². The molecule has 0 fully saturated rings. The maximum absolute atomic E-state index is 11.9. The van der Waals surface area contributed by atoms with Gasteiger partial charge in [-0.3, -0.25) is 4.79 Å². The molecule has 1 amide bonds. The van der Waals surface area contributed by atoms with Crippen LogP contribution < -0.4 is 5.32 Å². The fraction of sp³-hybridized carbons (Fsp3) is 0.235. The number of aryl methyl sites for hydroxylation is 2. The first-order chi connectivity index (χ1) is 11.2. The second-order valence-electron chi connectivity index (χ2n) is 5.29. The highest BCUT2D eigenvalue weighted by Crippen LogP contribution is 2.18. The van der Waals surface area contributed by atoms with Crippen molar-refractivity contribution < 1.29 is 9.32 Å². The molecule has 2 heterocycles. The van der Waals surface area contributed by atoms with Gasteiger partial charge in [-0.25, -0.2) is 0 Å². The highest BCUT2D eigenvalue weighted by Gasteiger charge is 2.10. The summed E-state index contributed by atoms with van der Waals surface area (Å²) in [6, 6.07) is 10.0. The topological polar surface area (TPSA) is 68.0 Å². The largest absolute Gasteiger partial charge is 0.352 e. The molecule has 2 aromatic heterocycles. The number of benzene rings is 1. The summed E-state index contributed by atoms with van der Waals surface area (Å²) in [6.07, 6.45) is 0.772. The molecule has 23 heavy (non-hydrogen) atoms. The van der Waals surface area contributed by atoms with E-state index in [0.717, 1.165) is 11.1 Å². The smallest absolute Gasteiger partial charge is 0.227 e. The molecule has 118 valence electrons. The Labute approximate surface area is 138 Å². The van der Waals surface area contributed by atoms with E-state index >= 15 is 0 Å². The van der Waals surface area contributed by atoms with Gasteiger partial charge in [-0.15, -0.1) is 0 Å². The molecule has 0 aliphatic rings. The zero-order chi connectivity index (χ0) is 16.1. The summed E-state index contributed by atoms with van der Waals surface area (Å²) in [5, 5.41) is 10.8. The van der Waals surface area contributed by atoms with Crippen LogP contribution in [-0.2, 0) is 17.8 Å². The van der Waals surface area contributed by atoms with Crippen LogP contribution in [0.1, 0.15) is 23.4 Å². The number of nitrogens with zero attached hydrogens (tertiary/aromatic N) is 2. The monoisotopic (exact) mass is 327 g/mol. The van der Waals surface area contributed by atoms with Crippen LogP contribution in [0.3, 0.4) is 0 Å². The van der Waals surface area contributed by atoms with Crippen LogP contribution in [0, 0.1) is 6.92 Å². The van der Waals surface area contributed by atoms with E-state index in [4.69, 9.17) is 4.52 Å². The number of amides is 1. The summed E-state index contributed by atoms with van der Waals surface area (Å²) in [4.78, 5) is 16.2. The Hall–Kier alpha value is -2.47. The predicted molar refractivity (Wildman–Crippen MR) is 89.0 cm³/mol. The molecular weight excluding hydrogens is 310 g/mol. The number of aromatic nitrogens is 2. The number of nitrogens with one attached hydrogen (secondary N) is 1. The molecular formula is C17H17N3O2S. The standard InChI is InChI=1S/C17H17N3O2S/c1-12-3-2-4-13(9-12)10-18-15(21)5-6-16-19-17(20-22-16)14-7-8-23-11-14/h2-4,7-9,11H,5-6,10H2,1H3,(H,18,21). The molecule has 3 rings (SSSR count). The molecule has 0 saturated heterocycles. The Morgan fingerprint density at radius 1 is 1.35 bits per heavy atom. The van der Waals surface area contributed by atoms with Crippen molar-refractivity contribution >= 4 is 17.2 Å². The van der Waals surface area contributed by atoms with Gasteiger partial charge in [-0.1, -0.05) is 35.0 Å². The second-order valence-corrected chi connectivity index (χ2v) is 6.07. The second kappa shape index (κ2) is 7.19. The molecule has 1 N–H and O–H groups in total. The van der Waals surface area contributed by atoms with Crippen molar-refractivity contribution in [2.75, 3.05) is 0 Å². The number of carbonyl (C=O) groups is 1. The third-order valence-corrected chi connectivity index (χ3v) is 4.07. The first-order valence-corrected chi connectivity index (χ1v) is 8.32. The van der Waals surface area contributed by atoms with Gasteiger partial charge in [0.1, 0.15) is 0 Å². The van der Waals surface area contributed by atoms with Crippen molar-refractivity contribution in [3.05, 3.63) is 58.1 Å². The molecule has 0 bridgehead atoms. The lowest BCUT2D eigenvalue weighted by atomic mass is 10.1. The Bertz CT molecular complexity index is 781. The summed E-state index contributed by atoms with van der Waals surface area (Å²) in [5.74, 6) is 1.03. The lowest BCUT2D eigenvalue weighted by molar-refractivity contribution is -0.121. The van der Waals surface area contributed by atoms with Crippen molar-refractivity contribution in [3.8, 4) is 11.4 Å². The van der Waals surface area contributed by atoms with E-state index in [9.17, 15) is 4.79 Å². The summed E-state index contributed by atoms with van der Waals surface area (Å²) in [6.45, 7) is 2.57. The van der Waals surface area contributed by atoms with Crippen LogP contribution in [0.4, 0.5) is 0 Å². The molecule has 0 aliphatic carbocycles. The fourth-order valence-corrected chi connectivity index (χ4v) is 2.83. The minimum Gasteiger partial charge on any atom is -0.352 e. The Morgan fingerprint density at radius 2 is 2.26 bits per heavy atom. The van der Waals surface area contributed by atoms with Crippen LogP contribution >= 0.6 is 11.3 Å².